The fourth-order valence-electron chi connectivity index (χ4n) is 3.23. The van der Waals surface area contributed by atoms with Gasteiger partial charge in [0.15, 0.2) is 0 Å². The quantitative estimate of drug-likeness (QED) is 0.896. The molecule has 3 nitrogen and oxygen atoms in total. The summed E-state index contributed by atoms with van der Waals surface area (Å²) < 4.78 is 0. The summed E-state index contributed by atoms with van der Waals surface area (Å²) in [7, 11) is 0. The first-order chi connectivity index (χ1) is 9.56. The summed E-state index contributed by atoms with van der Waals surface area (Å²) in [6, 6.07) is 8.01. The molecule has 2 saturated carbocycles. The van der Waals surface area contributed by atoms with E-state index in [1.54, 1.807) is 0 Å². The summed E-state index contributed by atoms with van der Waals surface area (Å²) >= 11 is 5.98. The first kappa shape index (κ1) is 13.9. The zero-order valence-corrected chi connectivity index (χ0v) is 12.2. The first-order valence-electron chi connectivity index (χ1n) is 7.33. The smallest absolute Gasteiger partial charge is 0.223 e. The Kier molecular flexibility index (Phi) is 3.74. The number of hydrogen-bond acceptors (Lipinski definition) is 2. The fourth-order valence-corrected chi connectivity index (χ4v) is 3.43. The highest BCUT2D eigenvalue weighted by atomic mass is 35.5. The van der Waals surface area contributed by atoms with Gasteiger partial charge in [0, 0.05) is 17.0 Å². The number of amides is 1. The van der Waals surface area contributed by atoms with Gasteiger partial charge in [-0.2, -0.15) is 0 Å². The van der Waals surface area contributed by atoms with Crippen molar-refractivity contribution >= 4 is 17.5 Å². The molecular weight excluding hydrogens is 274 g/mol. The largest absolute Gasteiger partial charge is 0.389 e. The van der Waals surface area contributed by atoms with Crippen molar-refractivity contribution in [3.05, 3.63) is 34.9 Å². The van der Waals surface area contributed by atoms with Crippen LogP contribution in [0.3, 0.4) is 0 Å². The minimum atomic E-state index is -0.759. The van der Waals surface area contributed by atoms with E-state index in [4.69, 9.17) is 11.6 Å². The summed E-state index contributed by atoms with van der Waals surface area (Å²) in [6.45, 7) is 0. The van der Waals surface area contributed by atoms with Gasteiger partial charge in [-0.1, -0.05) is 36.6 Å². The fraction of sp³-hybridized carbons (Fsp3) is 0.562. The third-order valence-electron chi connectivity index (χ3n) is 4.44. The standard InChI is InChI=1S/C16H20ClNO2/c17-12-5-3-4-11(8-12)13-9-14(13)18-15(19)10-16(20)6-1-2-7-16/h3-5,8,13-14,20H,1-2,6-7,9-10H2,(H,18,19). The zero-order valence-electron chi connectivity index (χ0n) is 11.4. The van der Waals surface area contributed by atoms with Crippen LogP contribution in [0.5, 0.6) is 0 Å². The third-order valence-corrected chi connectivity index (χ3v) is 4.67. The molecule has 1 aromatic rings. The van der Waals surface area contributed by atoms with Crippen LogP contribution < -0.4 is 5.32 Å². The van der Waals surface area contributed by atoms with Gasteiger partial charge in [0.2, 0.25) is 5.91 Å². The van der Waals surface area contributed by atoms with Crippen molar-refractivity contribution in [2.45, 2.75) is 56.1 Å². The van der Waals surface area contributed by atoms with Crippen LogP contribution in [-0.4, -0.2) is 22.7 Å². The van der Waals surface area contributed by atoms with Crippen molar-refractivity contribution in [2.24, 2.45) is 0 Å². The Morgan fingerprint density at radius 3 is 2.85 bits per heavy atom. The van der Waals surface area contributed by atoms with Crippen LogP contribution in [0.2, 0.25) is 5.02 Å². The van der Waals surface area contributed by atoms with Gasteiger partial charge in [0.25, 0.3) is 0 Å². The second-order valence-electron chi connectivity index (χ2n) is 6.18. The van der Waals surface area contributed by atoms with Crippen LogP contribution >= 0.6 is 11.6 Å². The molecule has 3 rings (SSSR count). The molecule has 1 amide bonds. The molecule has 2 aliphatic rings. The van der Waals surface area contributed by atoms with Crippen LogP contribution in [0.4, 0.5) is 0 Å². The average molecular weight is 294 g/mol. The molecule has 0 aliphatic heterocycles. The average Bonchev–Trinajstić information content (AvgIpc) is 3.01. The molecule has 2 atom stereocenters. The Hall–Kier alpha value is -1.06. The minimum absolute atomic E-state index is 0.0241. The van der Waals surface area contributed by atoms with Crippen molar-refractivity contribution in [1.29, 1.82) is 0 Å². The molecule has 20 heavy (non-hydrogen) atoms. The highest BCUT2D eigenvalue weighted by Gasteiger charge is 2.41. The summed E-state index contributed by atoms with van der Waals surface area (Å²) in [6.07, 6.45) is 4.76. The van der Waals surface area contributed by atoms with Crippen molar-refractivity contribution in [1.82, 2.24) is 5.32 Å². The summed E-state index contributed by atoms with van der Waals surface area (Å²) in [5, 5.41) is 14.0. The van der Waals surface area contributed by atoms with Gasteiger partial charge in [-0.05, 0) is 37.0 Å². The lowest BCUT2D eigenvalue weighted by Gasteiger charge is -2.21. The van der Waals surface area contributed by atoms with Crippen LogP contribution in [0.1, 0.15) is 50.0 Å². The van der Waals surface area contributed by atoms with E-state index in [1.807, 2.05) is 24.3 Å². The van der Waals surface area contributed by atoms with Crippen LogP contribution in [-0.2, 0) is 4.79 Å². The van der Waals surface area contributed by atoms with Crippen molar-refractivity contribution in [2.75, 3.05) is 0 Å². The topological polar surface area (TPSA) is 49.3 Å². The lowest BCUT2D eigenvalue weighted by atomic mass is 9.97. The van der Waals surface area contributed by atoms with Gasteiger partial charge >= 0.3 is 0 Å². The summed E-state index contributed by atoms with van der Waals surface area (Å²) in [4.78, 5) is 12.0. The lowest BCUT2D eigenvalue weighted by molar-refractivity contribution is -0.126. The predicted molar refractivity (Wildman–Crippen MR) is 78.8 cm³/mol. The molecule has 2 unspecified atom stereocenters. The number of carbonyl (C=O) groups excluding carboxylic acids is 1. The molecular formula is C16H20ClNO2. The molecule has 0 saturated heterocycles. The van der Waals surface area contributed by atoms with Gasteiger partial charge in [-0.15, -0.1) is 0 Å². The van der Waals surface area contributed by atoms with E-state index in [-0.39, 0.29) is 18.4 Å². The normalized spacial score (nSPS) is 27.3. The second-order valence-corrected chi connectivity index (χ2v) is 6.62. The monoisotopic (exact) mass is 293 g/mol. The molecule has 0 aromatic heterocycles. The van der Waals surface area contributed by atoms with Gasteiger partial charge < -0.3 is 10.4 Å². The second kappa shape index (κ2) is 5.38. The number of rotatable bonds is 4. The summed E-state index contributed by atoms with van der Waals surface area (Å²) in [5.41, 5.74) is 0.423. The van der Waals surface area contributed by atoms with E-state index in [9.17, 15) is 9.90 Å². The van der Waals surface area contributed by atoms with Crippen LogP contribution in [0.15, 0.2) is 24.3 Å². The zero-order chi connectivity index (χ0) is 14.2. The summed E-state index contributed by atoms with van der Waals surface area (Å²) in [5.74, 6) is 0.347. The molecule has 0 bridgehead atoms. The van der Waals surface area contributed by atoms with Crippen molar-refractivity contribution < 1.29 is 9.90 Å². The number of carbonyl (C=O) groups is 1. The maximum atomic E-state index is 12.0. The predicted octanol–water partition coefficient (Wildman–Crippen LogP) is 3.01. The highest BCUT2D eigenvalue weighted by Crippen LogP contribution is 2.41. The van der Waals surface area contributed by atoms with E-state index in [0.717, 1.165) is 37.1 Å². The molecule has 0 radical (unpaired) electrons. The van der Waals surface area contributed by atoms with Gasteiger partial charge in [0.05, 0.1) is 12.0 Å². The van der Waals surface area contributed by atoms with Gasteiger partial charge in [-0.3, -0.25) is 4.79 Å². The Morgan fingerprint density at radius 1 is 1.40 bits per heavy atom. The van der Waals surface area contributed by atoms with Crippen molar-refractivity contribution in [3.63, 3.8) is 0 Å². The Labute approximate surface area is 124 Å². The molecule has 2 N–H and O–H groups in total. The number of benzene rings is 1. The SMILES string of the molecule is O=C(CC1(O)CCCC1)NC1CC1c1cccc(Cl)c1. The van der Waals surface area contributed by atoms with Gasteiger partial charge in [0.1, 0.15) is 0 Å². The van der Waals surface area contributed by atoms with E-state index >= 15 is 0 Å². The van der Waals surface area contributed by atoms with Crippen LogP contribution in [0, 0.1) is 0 Å². The molecule has 0 heterocycles. The highest BCUT2D eigenvalue weighted by molar-refractivity contribution is 6.30. The van der Waals surface area contributed by atoms with E-state index in [1.165, 1.54) is 5.56 Å². The molecule has 2 fully saturated rings. The lowest BCUT2D eigenvalue weighted by Crippen LogP contribution is -2.35. The van der Waals surface area contributed by atoms with Crippen molar-refractivity contribution in [3.8, 4) is 0 Å². The van der Waals surface area contributed by atoms with E-state index < -0.39 is 5.60 Å². The molecule has 108 valence electrons. The Balaban J connectivity index is 1.52. The number of halogens is 1. The Morgan fingerprint density at radius 2 is 2.15 bits per heavy atom. The van der Waals surface area contributed by atoms with Gasteiger partial charge in [-0.25, -0.2) is 0 Å². The minimum Gasteiger partial charge on any atom is -0.389 e. The van der Waals surface area contributed by atoms with E-state index in [0.29, 0.717) is 5.92 Å². The molecule has 2 aliphatic carbocycles. The maximum absolute atomic E-state index is 12.0. The third kappa shape index (κ3) is 3.15. The number of nitrogens with one attached hydrogen (secondary N) is 1. The maximum Gasteiger partial charge on any atom is 0.223 e. The molecule has 1 aromatic carbocycles. The molecule has 0 spiro atoms. The Bertz CT molecular complexity index is 511. The molecule has 4 heteroatoms. The number of aliphatic hydroxyl groups is 1. The number of hydrogen-bond donors (Lipinski definition) is 2. The van der Waals surface area contributed by atoms with E-state index in [2.05, 4.69) is 5.32 Å². The first-order valence-corrected chi connectivity index (χ1v) is 7.71. The van der Waals surface area contributed by atoms with Crippen LogP contribution in [0.25, 0.3) is 0 Å².